The van der Waals surface area contributed by atoms with Crippen molar-refractivity contribution in [2.24, 2.45) is 0 Å². The first-order valence-corrected chi connectivity index (χ1v) is 10.3. The molecule has 1 amide bonds. The van der Waals surface area contributed by atoms with Crippen molar-refractivity contribution in [1.82, 2.24) is 5.32 Å². The van der Waals surface area contributed by atoms with Crippen molar-refractivity contribution < 1.29 is 28.0 Å². The lowest BCUT2D eigenvalue weighted by Crippen LogP contribution is -2.31. The lowest BCUT2D eigenvalue weighted by molar-refractivity contribution is -0.124. The fraction of sp³-hybridized carbons (Fsp3) is 0.300. The number of carbonyl (C=O) groups is 2. The highest BCUT2D eigenvalue weighted by Crippen LogP contribution is 2.32. The second-order valence-electron chi connectivity index (χ2n) is 6.22. The highest BCUT2D eigenvalue weighted by molar-refractivity contribution is 7.84. The van der Waals surface area contributed by atoms with Crippen molar-refractivity contribution in [2.75, 3.05) is 26.1 Å². The van der Waals surface area contributed by atoms with Gasteiger partial charge in [0.1, 0.15) is 13.2 Å². The molecule has 0 aliphatic carbocycles. The second-order valence-corrected chi connectivity index (χ2v) is 7.57. The van der Waals surface area contributed by atoms with E-state index in [1.165, 1.54) is 12.3 Å². The molecule has 0 saturated heterocycles. The van der Waals surface area contributed by atoms with Crippen molar-refractivity contribution in [3.63, 3.8) is 0 Å². The Balaban J connectivity index is 1.57. The summed E-state index contributed by atoms with van der Waals surface area (Å²) in [5, 5.41) is 2.77. The van der Waals surface area contributed by atoms with Crippen molar-refractivity contribution in [3.8, 4) is 11.5 Å². The summed E-state index contributed by atoms with van der Waals surface area (Å²) in [5.74, 6) is 0.189. The van der Waals surface area contributed by atoms with Gasteiger partial charge in [-0.05, 0) is 36.8 Å². The molecule has 148 valence electrons. The Hall–Kier alpha value is -2.87. The van der Waals surface area contributed by atoms with Crippen LogP contribution in [0.25, 0.3) is 0 Å². The summed E-state index contributed by atoms with van der Waals surface area (Å²) >= 11 is 0. The van der Waals surface area contributed by atoms with E-state index < -0.39 is 29.3 Å². The summed E-state index contributed by atoms with van der Waals surface area (Å²) < 4.78 is 27.8. The third-order valence-electron chi connectivity index (χ3n) is 4.19. The molecule has 0 radical (unpaired) electrons. The van der Waals surface area contributed by atoms with Gasteiger partial charge in [-0.1, -0.05) is 18.2 Å². The molecule has 2 atom stereocenters. The molecular formula is C20H21NO6S. The maximum absolute atomic E-state index is 12.2. The van der Waals surface area contributed by atoms with E-state index >= 15 is 0 Å². The maximum Gasteiger partial charge on any atom is 0.339 e. The molecule has 8 heteroatoms. The van der Waals surface area contributed by atoms with E-state index in [0.717, 1.165) is 5.56 Å². The number of hydrogen-bond acceptors (Lipinski definition) is 6. The van der Waals surface area contributed by atoms with E-state index in [2.05, 4.69) is 5.32 Å². The molecule has 1 N–H and O–H groups in total. The van der Waals surface area contributed by atoms with Crippen LogP contribution in [0, 0.1) is 0 Å². The van der Waals surface area contributed by atoms with Gasteiger partial charge < -0.3 is 19.5 Å². The zero-order valence-corrected chi connectivity index (χ0v) is 16.4. The Morgan fingerprint density at radius 2 is 1.86 bits per heavy atom. The van der Waals surface area contributed by atoms with Gasteiger partial charge in [0, 0.05) is 6.26 Å². The molecule has 3 rings (SSSR count). The molecule has 0 spiro atoms. The number of amides is 1. The van der Waals surface area contributed by atoms with Crippen molar-refractivity contribution in [2.45, 2.75) is 17.9 Å². The lowest BCUT2D eigenvalue weighted by atomic mass is 10.1. The number of carbonyl (C=O) groups excluding carboxylic acids is 2. The highest BCUT2D eigenvalue weighted by atomic mass is 32.2. The molecule has 2 aromatic rings. The maximum atomic E-state index is 12.2. The van der Waals surface area contributed by atoms with E-state index in [1.807, 2.05) is 19.1 Å². The molecule has 0 saturated carbocycles. The smallest absolute Gasteiger partial charge is 0.339 e. The Morgan fingerprint density at radius 3 is 2.61 bits per heavy atom. The molecule has 2 aromatic carbocycles. The lowest BCUT2D eigenvalue weighted by Gasteiger charge is -2.21. The molecule has 0 unspecified atom stereocenters. The van der Waals surface area contributed by atoms with Crippen LogP contribution in [0.1, 0.15) is 28.9 Å². The number of benzene rings is 2. The van der Waals surface area contributed by atoms with Crippen LogP contribution in [0.15, 0.2) is 47.4 Å². The predicted molar refractivity (Wildman–Crippen MR) is 103 cm³/mol. The van der Waals surface area contributed by atoms with E-state index in [9.17, 15) is 13.8 Å². The van der Waals surface area contributed by atoms with Gasteiger partial charge in [0.25, 0.3) is 5.91 Å². The quantitative estimate of drug-likeness (QED) is 0.744. The molecule has 1 aliphatic heterocycles. The van der Waals surface area contributed by atoms with Gasteiger partial charge >= 0.3 is 5.97 Å². The number of ether oxygens (including phenoxy) is 3. The van der Waals surface area contributed by atoms with Crippen LogP contribution in [-0.2, 0) is 20.3 Å². The van der Waals surface area contributed by atoms with Crippen LogP contribution in [0.5, 0.6) is 11.5 Å². The van der Waals surface area contributed by atoms with Crippen molar-refractivity contribution in [3.05, 3.63) is 53.6 Å². The minimum Gasteiger partial charge on any atom is -0.486 e. The fourth-order valence-corrected chi connectivity index (χ4v) is 3.52. The molecular weight excluding hydrogens is 382 g/mol. The van der Waals surface area contributed by atoms with Gasteiger partial charge in [-0.15, -0.1) is 0 Å². The molecule has 1 heterocycles. The van der Waals surface area contributed by atoms with Gasteiger partial charge in [-0.3, -0.25) is 9.00 Å². The standard InChI is InChI=1S/C20H21NO6S/c1-13(14-7-8-16-17(11-14)26-10-9-25-16)21-19(22)12-27-20(23)15-5-3-4-6-18(15)28(2)24/h3-8,11,13H,9-10,12H2,1-2H3,(H,21,22)/t13-,28-/m0/s1. The van der Waals surface area contributed by atoms with Crippen LogP contribution in [0.4, 0.5) is 0 Å². The van der Waals surface area contributed by atoms with E-state index in [0.29, 0.717) is 29.6 Å². The predicted octanol–water partition coefficient (Wildman–Crippen LogP) is 2.23. The second kappa shape index (κ2) is 8.88. The number of rotatable bonds is 6. The zero-order valence-electron chi connectivity index (χ0n) is 15.6. The van der Waals surface area contributed by atoms with Crippen molar-refractivity contribution >= 4 is 22.7 Å². The first-order chi connectivity index (χ1) is 13.5. The molecule has 7 nitrogen and oxygen atoms in total. The first kappa shape index (κ1) is 19.9. The molecule has 1 aliphatic rings. The summed E-state index contributed by atoms with van der Waals surface area (Å²) in [7, 11) is -1.33. The average Bonchev–Trinajstić information content (AvgIpc) is 2.71. The van der Waals surface area contributed by atoms with Crippen LogP contribution in [-0.4, -0.2) is 42.2 Å². The fourth-order valence-electron chi connectivity index (χ4n) is 2.79. The topological polar surface area (TPSA) is 90.9 Å². The summed E-state index contributed by atoms with van der Waals surface area (Å²) in [6.07, 6.45) is 1.48. The van der Waals surface area contributed by atoms with Gasteiger partial charge in [-0.25, -0.2) is 4.79 Å². The van der Waals surface area contributed by atoms with Crippen LogP contribution < -0.4 is 14.8 Å². The Kier molecular flexibility index (Phi) is 6.30. The minimum atomic E-state index is -1.33. The molecule has 0 fully saturated rings. The largest absolute Gasteiger partial charge is 0.486 e. The Morgan fingerprint density at radius 1 is 1.14 bits per heavy atom. The Bertz CT molecular complexity index is 913. The summed E-state index contributed by atoms with van der Waals surface area (Å²) in [5.41, 5.74) is 1.03. The zero-order chi connectivity index (χ0) is 20.1. The van der Waals surface area contributed by atoms with E-state index in [-0.39, 0.29) is 11.6 Å². The van der Waals surface area contributed by atoms with Gasteiger partial charge in [0.2, 0.25) is 0 Å². The van der Waals surface area contributed by atoms with E-state index in [1.54, 1.807) is 24.3 Å². The van der Waals surface area contributed by atoms with Crippen LogP contribution in [0.3, 0.4) is 0 Å². The van der Waals surface area contributed by atoms with Gasteiger partial charge in [-0.2, -0.15) is 0 Å². The number of nitrogens with one attached hydrogen (secondary N) is 1. The number of hydrogen-bond donors (Lipinski definition) is 1. The van der Waals surface area contributed by atoms with Crippen LogP contribution >= 0.6 is 0 Å². The van der Waals surface area contributed by atoms with Gasteiger partial charge in [0.05, 0.1) is 27.3 Å². The third-order valence-corrected chi connectivity index (χ3v) is 5.17. The summed E-state index contributed by atoms with van der Waals surface area (Å²) in [4.78, 5) is 24.8. The molecule has 0 bridgehead atoms. The summed E-state index contributed by atoms with van der Waals surface area (Å²) in [6, 6.07) is 11.6. The number of fused-ring (bicyclic) bond motifs is 1. The SMILES string of the molecule is C[C@H](NC(=O)COC(=O)c1ccccc1[S@](C)=O)c1ccc2c(c1)OCCO2. The number of esters is 1. The Labute approximate surface area is 165 Å². The molecule has 0 aromatic heterocycles. The average molecular weight is 403 g/mol. The normalized spacial score (nSPS) is 14.6. The highest BCUT2D eigenvalue weighted by Gasteiger charge is 2.18. The third kappa shape index (κ3) is 4.69. The monoisotopic (exact) mass is 403 g/mol. The van der Waals surface area contributed by atoms with E-state index in [4.69, 9.17) is 14.2 Å². The van der Waals surface area contributed by atoms with Crippen molar-refractivity contribution in [1.29, 1.82) is 0 Å². The van der Waals surface area contributed by atoms with Crippen LogP contribution in [0.2, 0.25) is 0 Å². The molecule has 28 heavy (non-hydrogen) atoms. The first-order valence-electron chi connectivity index (χ1n) is 8.74. The summed E-state index contributed by atoms with van der Waals surface area (Å²) in [6.45, 7) is 2.38. The minimum absolute atomic E-state index is 0.191. The van der Waals surface area contributed by atoms with Gasteiger partial charge in [0.15, 0.2) is 18.1 Å².